The fourth-order valence-electron chi connectivity index (χ4n) is 1.17. The van der Waals surface area contributed by atoms with Crippen molar-refractivity contribution < 1.29 is 14.7 Å². The maximum absolute atomic E-state index is 11.6. The van der Waals surface area contributed by atoms with Crippen LogP contribution in [-0.2, 0) is 9.59 Å². The number of hydrogen-bond donors (Lipinski definition) is 1. The number of amides is 1. The van der Waals surface area contributed by atoms with Gasteiger partial charge in [0.15, 0.2) is 0 Å². The average Bonchev–Trinajstić information content (AvgIpc) is 2.20. The highest BCUT2D eigenvalue weighted by atomic mass is 16.4. The lowest BCUT2D eigenvalue weighted by Gasteiger charge is -2.22. The number of rotatable bonds is 7. The van der Waals surface area contributed by atoms with Crippen molar-refractivity contribution in [2.24, 2.45) is 0 Å². The second-order valence-electron chi connectivity index (χ2n) is 3.80. The quantitative estimate of drug-likeness (QED) is 0.642. The molecule has 0 aromatic carbocycles. The van der Waals surface area contributed by atoms with Crippen LogP contribution in [0.3, 0.4) is 0 Å². The van der Waals surface area contributed by atoms with Gasteiger partial charge in [0.2, 0.25) is 5.91 Å². The normalized spacial score (nSPS) is 11.0. The van der Waals surface area contributed by atoms with Crippen LogP contribution >= 0.6 is 0 Å². The van der Waals surface area contributed by atoms with Gasteiger partial charge < -0.3 is 14.9 Å². The minimum absolute atomic E-state index is 0.244. The number of hydrogen-bond acceptors (Lipinski definition) is 3. The highest BCUT2D eigenvalue weighted by molar-refractivity contribution is 5.93. The summed E-state index contributed by atoms with van der Waals surface area (Å²) in [5.41, 5.74) is 0. The van der Waals surface area contributed by atoms with Crippen molar-refractivity contribution in [2.45, 2.75) is 13.3 Å². The molecule has 0 aliphatic rings. The summed E-state index contributed by atoms with van der Waals surface area (Å²) >= 11 is 0. The Kier molecular flexibility index (Phi) is 7.20. The van der Waals surface area contributed by atoms with Gasteiger partial charge in [0, 0.05) is 31.8 Å². The summed E-state index contributed by atoms with van der Waals surface area (Å²) in [5.74, 6) is -1.34. The molecule has 0 rings (SSSR count). The molecule has 92 valence electrons. The Bertz CT molecular complexity index is 262. The van der Waals surface area contributed by atoms with E-state index in [1.807, 2.05) is 25.9 Å². The average molecular weight is 228 g/mol. The summed E-state index contributed by atoms with van der Waals surface area (Å²) < 4.78 is 0. The third kappa shape index (κ3) is 7.00. The largest absolute Gasteiger partial charge is 0.478 e. The van der Waals surface area contributed by atoms with Gasteiger partial charge in [-0.1, -0.05) is 6.92 Å². The van der Waals surface area contributed by atoms with Crippen molar-refractivity contribution >= 4 is 11.9 Å². The Morgan fingerprint density at radius 1 is 1.12 bits per heavy atom. The number of carbonyl (C=O) groups excluding carboxylic acids is 1. The van der Waals surface area contributed by atoms with Gasteiger partial charge in [-0.15, -0.1) is 0 Å². The van der Waals surface area contributed by atoms with Crippen LogP contribution in [0.1, 0.15) is 13.3 Å². The maximum Gasteiger partial charge on any atom is 0.328 e. The third-order valence-electron chi connectivity index (χ3n) is 1.99. The van der Waals surface area contributed by atoms with Gasteiger partial charge in [-0.3, -0.25) is 4.79 Å². The zero-order valence-electron chi connectivity index (χ0n) is 10.1. The van der Waals surface area contributed by atoms with Crippen molar-refractivity contribution in [3.8, 4) is 0 Å². The molecule has 0 unspecified atom stereocenters. The van der Waals surface area contributed by atoms with Crippen molar-refractivity contribution in [1.82, 2.24) is 9.80 Å². The predicted octanol–water partition coefficient (Wildman–Crippen LogP) is 0.427. The van der Waals surface area contributed by atoms with Crippen molar-refractivity contribution in [3.05, 3.63) is 12.2 Å². The molecule has 0 radical (unpaired) electrons. The van der Waals surface area contributed by atoms with E-state index in [0.717, 1.165) is 25.1 Å². The molecule has 0 aromatic heterocycles. The van der Waals surface area contributed by atoms with Gasteiger partial charge in [0.1, 0.15) is 0 Å². The second-order valence-corrected chi connectivity index (χ2v) is 3.80. The van der Waals surface area contributed by atoms with Gasteiger partial charge in [0.05, 0.1) is 0 Å². The monoisotopic (exact) mass is 228 g/mol. The second kappa shape index (κ2) is 7.87. The molecule has 5 nitrogen and oxygen atoms in total. The molecule has 0 aliphatic carbocycles. The molecule has 0 saturated carbocycles. The number of aliphatic carboxylic acids is 1. The Morgan fingerprint density at radius 2 is 1.75 bits per heavy atom. The Hall–Kier alpha value is -1.36. The number of likely N-dealkylation sites (N-methyl/N-ethyl adjacent to an activating group) is 1. The first-order valence-corrected chi connectivity index (χ1v) is 5.32. The molecule has 0 bridgehead atoms. The van der Waals surface area contributed by atoms with Crippen molar-refractivity contribution in [2.75, 3.05) is 33.7 Å². The Labute approximate surface area is 96.3 Å². The van der Waals surface area contributed by atoms with E-state index in [9.17, 15) is 9.59 Å². The molecule has 0 atom stereocenters. The highest BCUT2D eigenvalue weighted by Gasteiger charge is 2.09. The lowest BCUT2D eigenvalue weighted by molar-refractivity contribution is -0.132. The van der Waals surface area contributed by atoms with E-state index in [1.54, 1.807) is 4.90 Å². The van der Waals surface area contributed by atoms with E-state index in [4.69, 9.17) is 5.11 Å². The third-order valence-corrected chi connectivity index (χ3v) is 1.99. The summed E-state index contributed by atoms with van der Waals surface area (Å²) in [6.07, 6.45) is 2.84. The van der Waals surface area contributed by atoms with Crippen molar-refractivity contribution in [1.29, 1.82) is 0 Å². The Balaban J connectivity index is 4.28. The molecule has 0 saturated heterocycles. The van der Waals surface area contributed by atoms with Crippen molar-refractivity contribution in [3.63, 3.8) is 0 Å². The van der Waals surface area contributed by atoms with Gasteiger partial charge >= 0.3 is 5.97 Å². The molecule has 0 aliphatic heterocycles. The smallest absolute Gasteiger partial charge is 0.328 e. The zero-order valence-corrected chi connectivity index (χ0v) is 10.1. The first-order chi connectivity index (χ1) is 7.47. The zero-order chi connectivity index (χ0) is 12.6. The van der Waals surface area contributed by atoms with Gasteiger partial charge in [-0.2, -0.15) is 0 Å². The van der Waals surface area contributed by atoms with E-state index in [-0.39, 0.29) is 5.91 Å². The van der Waals surface area contributed by atoms with E-state index in [2.05, 4.69) is 0 Å². The summed E-state index contributed by atoms with van der Waals surface area (Å²) in [6, 6.07) is 0. The summed E-state index contributed by atoms with van der Waals surface area (Å²) in [6.45, 7) is 4.02. The van der Waals surface area contributed by atoms with E-state index in [1.165, 1.54) is 0 Å². The fourth-order valence-corrected chi connectivity index (χ4v) is 1.17. The van der Waals surface area contributed by atoms with Crippen LogP contribution in [0, 0.1) is 0 Å². The van der Waals surface area contributed by atoms with E-state index < -0.39 is 5.97 Å². The first-order valence-electron chi connectivity index (χ1n) is 5.32. The van der Waals surface area contributed by atoms with E-state index >= 15 is 0 Å². The molecule has 1 N–H and O–H groups in total. The summed E-state index contributed by atoms with van der Waals surface area (Å²) in [4.78, 5) is 25.5. The molecular formula is C11H20N2O3. The Morgan fingerprint density at radius 3 is 2.19 bits per heavy atom. The van der Waals surface area contributed by atoms with Crippen LogP contribution in [0.2, 0.25) is 0 Å². The molecule has 0 aromatic rings. The van der Waals surface area contributed by atoms with Gasteiger partial charge in [-0.25, -0.2) is 4.79 Å². The molecule has 16 heavy (non-hydrogen) atoms. The van der Waals surface area contributed by atoms with Crippen LogP contribution in [0.25, 0.3) is 0 Å². The van der Waals surface area contributed by atoms with Crippen LogP contribution < -0.4 is 0 Å². The number of carboxylic acids is 1. The molecular weight excluding hydrogens is 208 g/mol. The van der Waals surface area contributed by atoms with Crippen LogP contribution in [0.4, 0.5) is 0 Å². The SMILES string of the molecule is CCCN(CCN(C)C)C(=O)C=CC(=O)O. The maximum atomic E-state index is 11.6. The van der Waals surface area contributed by atoms with Gasteiger partial charge in [0.25, 0.3) is 0 Å². The van der Waals surface area contributed by atoms with Crippen LogP contribution in [-0.4, -0.2) is 60.5 Å². The topological polar surface area (TPSA) is 60.9 Å². The summed E-state index contributed by atoms with van der Waals surface area (Å²) in [7, 11) is 3.86. The lowest BCUT2D eigenvalue weighted by Crippen LogP contribution is -2.36. The van der Waals surface area contributed by atoms with Crippen LogP contribution in [0.5, 0.6) is 0 Å². The molecule has 0 fully saturated rings. The highest BCUT2D eigenvalue weighted by Crippen LogP contribution is 1.95. The minimum Gasteiger partial charge on any atom is -0.478 e. The van der Waals surface area contributed by atoms with Crippen LogP contribution in [0.15, 0.2) is 12.2 Å². The molecule has 1 amide bonds. The first kappa shape index (κ1) is 14.6. The number of carboxylic acid groups (broad SMARTS) is 1. The van der Waals surface area contributed by atoms with Gasteiger partial charge in [-0.05, 0) is 20.5 Å². The standard InChI is InChI=1S/C11H20N2O3/c1-4-7-13(9-8-12(2)3)10(14)5-6-11(15)16/h5-6H,4,7-9H2,1-3H3,(H,15,16). The predicted molar refractivity (Wildman–Crippen MR) is 62.2 cm³/mol. The summed E-state index contributed by atoms with van der Waals surface area (Å²) in [5, 5.41) is 8.43. The number of carbonyl (C=O) groups is 2. The van der Waals surface area contributed by atoms with E-state index in [0.29, 0.717) is 13.1 Å². The fraction of sp³-hybridized carbons (Fsp3) is 0.636. The molecule has 5 heteroatoms. The molecule has 0 spiro atoms. The lowest BCUT2D eigenvalue weighted by atomic mass is 10.3. The minimum atomic E-state index is -1.10. The number of nitrogens with zero attached hydrogens (tertiary/aromatic N) is 2. The molecule has 0 heterocycles.